The minimum atomic E-state index is 0.383. The normalized spacial score (nSPS) is 9.33. The lowest BCUT2D eigenvalue weighted by atomic mass is 10.2. The van der Waals surface area contributed by atoms with E-state index >= 15 is 0 Å². The summed E-state index contributed by atoms with van der Waals surface area (Å²) in [6, 6.07) is 0. The molecular weight excluding hydrogens is 148 g/mol. The van der Waals surface area contributed by atoms with Crippen LogP contribution in [0.5, 0.6) is 0 Å². The summed E-state index contributed by atoms with van der Waals surface area (Å²) in [6.45, 7) is 5.94. The molecule has 0 saturated heterocycles. The van der Waals surface area contributed by atoms with Crippen molar-refractivity contribution in [2.45, 2.75) is 26.7 Å². The maximum absolute atomic E-state index is 4.18. The van der Waals surface area contributed by atoms with E-state index in [9.17, 15) is 0 Å². The van der Waals surface area contributed by atoms with Crippen molar-refractivity contribution in [2.75, 3.05) is 0 Å². The first-order valence-electron chi connectivity index (χ1n) is 3.98. The fourth-order valence-corrected chi connectivity index (χ4v) is 0.845. The Labute approximate surface area is 73.1 Å². The highest BCUT2D eigenvalue weighted by Crippen LogP contribution is 2.06. The van der Waals surface area contributed by atoms with Crippen LogP contribution in [0.2, 0.25) is 0 Å². The van der Waals surface area contributed by atoms with E-state index < -0.39 is 0 Å². The summed E-state index contributed by atoms with van der Waals surface area (Å²) in [7, 11) is 0. The smallest absolute Gasteiger partial charge is 0.130 e. The summed E-state index contributed by atoms with van der Waals surface area (Å²) >= 11 is 0. The Morgan fingerprint density at radius 1 is 1.25 bits per heavy atom. The molecule has 1 rings (SSSR count). The molecule has 0 aliphatic heterocycles. The van der Waals surface area contributed by atoms with E-state index in [2.05, 4.69) is 35.7 Å². The van der Waals surface area contributed by atoms with Gasteiger partial charge in [0.05, 0.1) is 5.56 Å². The van der Waals surface area contributed by atoms with Crippen LogP contribution in [0.4, 0.5) is 0 Å². The predicted octanol–water partition coefficient (Wildman–Crippen LogP) is 1.97. The highest BCUT2D eigenvalue weighted by molar-refractivity contribution is 5.28. The third kappa shape index (κ3) is 2.06. The van der Waals surface area contributed by atoms with Crippen LogP contribution in [0.25, 0.3) is 0 Å². The fraction of sp³-hybridized carbons (Fsp3) is 0.400. The maximum atomic E-state index is 4.18. The summed E-state index contributed by atoms with van der Waals surface area (Å²) in [4.78, 5) is 8.37. The van der Waals surface area contributed by atoms with Crippen LogP contribution in [0.15, 0.2) is 12.4 Å². The zero-order chi connectivity index (χ0) is 8.97. The molecule has 12 heavy (non-hydrogen) atoms. The van der Waals surface area contributed by atoms with Crippen LogP contribution >= 0.6 is 0 Å². The van der Waals surface area contributed by atoms with E-state index in [4.69, 9.17) is 0 Å². The third-order valence-corrected chi connectivity index (χ3v) is 1.46. The van der Waals surface area contributed by atoms with Gasteiger partial charge in [-0.3, -0.25) is 0 Å². The molecule has 0 radical (unpaired) electrons. The fourth-order valence-electron chi connectivity index (χ4n) is 0.845. The van der Waals surface area contributed by atoms with Gasteiger partial charge >= 0.3 is 0 Å². The summed E-state index contributed by atoms with van der Waals surface area (Å²) in [5.41, 5.74) is 0.877. The Morgan fingerprint density at radius 2 is 1.83 bits per heavy atom. The Bertz CT molecular complexity index is 301. The van der Waals surface area contributed by atoms with Crippen molar-refractivity contribution in [2.24, 2.45) is 0 Å². The minimum absolute atomic E-state index is 0.383. The summed E-state index contributed by atoms with van der Waals surface area (Å²) in [5.74, 6) is 6.96. The molecule has 0 atom stereocenters. The average molecular weight is 160 g/mol. The van der Waals surface area contributed by atoms with Gasteiger partial charge in [0.15, 0.2) is 0 Å². The number of aromatic nitrogens is 2. The van der Waals surface area contributed by atoms with Crippen molar-refractivity contribution in [3.8, 4) is 11.8 Å². The van der Waals surface area contributed by atoms with Crippen LogP contribution in [0.3, 0.4) is 0 Å². The van der Waals surface area contributed by atoms with E-state index in [1.165, 1.54) is 0 Å². The molecule has 0 N–H and O–H groups in total. The lowest BCUT2D eigenvalue weighted by Gasteiger charge is -2.00. The van der Waals surface area contributed by atoms with Crippen molar-refractivity contribution in [1.29, 1.82) is 0 Å². The van der Waals surface area contributed by atoms with Gasteiger partial charge in [-0.15, -0.1) is 5.92 Å². The molecule has 0 bridgehead atoms. The van der Waals surface area contributed by atoms with Crippen LogP contribution in [-0.4, -0.2) is 9.97 Å². The minimum Gasteiger partial charge on any atom is -0.240 e. The number of hydrogen-bond acceptors (Lipinski definition) is 2. The first kappa shape index (κ1) is 8.73. The molecule has 62 valence electrons. The van der Waals surface area contributed by atoms with Crippen LogP contribution < -0.4 is 0 Å². The molecule has 0 spiro atoms. The lowest BCUT2D eigenvalue weighted by Crippen LogP contribution is -1.96. The monoisotopic (exact) mass is 160 g/mol. The predicted molar refractivity (Wildman–Crippen MR) is 48.7 cm³/mol. The molecule has 0 aliphatic rings. The summed E-state index contributed by atoms with van der Waals surface area (Å²) < 4.78 is 0. The molecule has 0 unspecified atom stereocenters. The van der Waals surface area contributed by atoms with Crippen LogP contribution in [0, 0.1) is 11.8 Å². The largest absolute Gasteiger partial charge is 0.240 e. The molecule has 2 nitrogen and oxygen atoms in total. The van der Waals surface area contributed by atoms with Crippen molar-refractivity contribution in [3.63, 3.8) is 0 Å². The zero-order valence-corrected chi connectivity index (χ0v) is 7.63. The first-order valence-corrected chi connectivity index (χ1v) is 3.98. The van der Waals surface area contributed by atoms with Gasteiger partial charge in [0.25, 0.3) is 0 Å². The Hall–Kier alpha value is -1.36. The Balaban J connectivity index is 2.90. The van der Waals surface area contributed by atoms with Gasteiger partial charge in [-0.05, 0) is 6.92 Å². The topological polar surface area (TPSA) is 25.8 Å². The lowest BCUT2D eigenvalue weighted by molar-refractivity contribution is 0.773. The van der Waals surface area contributed by atoms with Crippen molar-refractivity contribution in [1.82, 2.24) is 9.97 Å². The van der Waals surface area contributed by atoms with Gasteiger partial charge < -0.3 is 0 Å². The highest BCUT2D eigenvalue weighted by atomic mass is 14.9. The molecule has 1 aromatic rings. The quantitative estimate of drug-likeness (QED) is 0.587. The average Bonchev–Trinajstić information content (AvgIpc) is 2.06. The molecule has 0 aromatic carbocycles. The molecule has 1 heterocycles. The Morgan fingerprint density at radius 3 is 2.25 bits per heavy atom. The number of rotatable bonds is 1. The van der Waals surface area contributed by atoms with Gasteiger partial charge in [-0.1, -0.05) is 19.8 Å². The summed E-state index contributed by atoms with van der Waals surface area (Å²) in [5, 5.41) is 0. The van der Waals surface area contributed by atoms with Gasteiger partial charge in [-0.2, -0.15) is 0 Å². The second-order valence-corrected chi connectivity index (χ2v) is 2.86. The second-order valence-electron chi connectivity index (χ2n) is 2.86. The van der Waals surface area contributed by atoms with E-state index in [-0.39, 0.29) is 0 Å². The number of hydrogen-bond donors (Lipinski definition) is 0. The maximum Gasteiger partial charge on any atom is 0.130 e. The van der Waals surface area contributed by atoms with E-state index in [1.807, 2.05) is 0 Å². The SMILES string of the molecule is CC#Cc1cnc(C(C)C)nc1. The summed E-state index contributed by atoms with van der Waals surface area (Å²) in [6.07, 6.45) is 3.53. The second kappa shape index (κ2) is 3.87. The van der Waals surface area contributed by atoms with Gasteiger partial charge in [0, 0.05) is 18.3 Å². The van der Waals surface area contributed by atoms with Crippen molar-refractivity contribution < 1.29 is 0 Å². The van der Waals surface area contributed by atoms with Crippen LogP contribution in [-0.2, 0) is 0 Å². The van der Waals surface area contributed by atoms with Crippen molar-refractivity contribution >= 4 is 0 Å². The van der Waals surface area contributed by atoms with Gasteiger partial charge in [0.1, 0.15) is 5.82 Å². The zero-order valence-electron chi connectivity index (χ0n) is 7.63. The Kier molecular flexibility index (Phi) is 2.82. The first-order chi connectivity index (χ1) is 5.74. The van der Waals surface area contributed by atoms with E-state index in [0.29, 0.717) is 5.92 Å². The number of nitrogens with zero attached hydrogens (tertiary/aromatic N) is 2. The molecule has 0 saturated carbocycles. The van der Waals surface area contributed by atoms with Gasteiger partial charge in [-0.25, -0.2) is 9.97 Å². The van der Waals surface area contributed by atoms with Crippen molar-refractivity contribution in [3.05, 3.63) is 23.8 Å². The molecular formula is C10H12N2. The third-order valence-electron chi connectivity index (χ3n) is 1.46. The molecule has 0 aliphatic carbocycles. The van der Waals surface area contributed by atoms with E-state index in [1.54, 1.807) is 19.3 Å². The van der Waals surface area contributed by atoms with Gasteiger partial charge in [0.2, 0.25) is 0 Å². The highest BCUT2D eigenvalue weighted by Gasteiger charge is 2.00. The van der Waals surface area contributed by atoms with Crippen LogP contribution in [0.1, 0.15) is 38.1 Å². The molecule has 0 fully saturated rings. The standard InChI is InChI=1S/C10H12N2/c1-4-5-9-6-11-10(8(2)3)12-7-9/h6-8H,1-3H3. The molecule has 1 aromatic heterocycles. The molecule has 0 amide bonds. The van der Waals surface area contributed by atoms with E-state index in [0.717, 1.165) is 11.4 Å². The molecule has 2 heteroatoms.